The van der Waals surface area contributed by atoms with Crippen LogP contribution in [-0.4, -0.2) is 26.8 Å². The van der Waals surface area contributed by atoms with Crippen molar-refractivity contribution in [2.75, 3.05) is 17.0 Å². The average molecular weight is 384 g/mol. The molecule has 4 nitrogen and oxygen atoms in total. The zero-order valence-corrected chi connectivity index (χ0v) is 14.8. The molecule has 0 fully saturated rings. The van der Waals surface area contributed by atoms with Crippen LogP contribution in [-0.2, 0) is 10.0 Å². The van der Waals surface area contributed by atoms with E-state index in [2.05, 4.69) is 39.8 Å². The van der Waals surface area contributed by atoms with Crippen molar-refractivity contribution in [2.24, 2.45) is 0 Å². The van der Waals surface area contributed by atoms with Crippen molar-refractivity contribution in [1.82, 2.24) is 5.32 Å². The first kappa shape index (κ1) is 17.8. The van der Waals surface area contributed by atoms with Gasteiger partial charge >= 0.3 is 0 Å². The van der Waals surface area contributed by atoms with Crippen LogP contribution >= 0.6 is 27.5 Å². The Labute approximate surface area is 134 Å². The van der Waals surface area contributed by atoms with Gasteiger partial charge in [-0.15, -0.1) is 0 Å². The molecule has 0 radical (unpaired) electrons. The second kappa shape index (κ2) is 8.22. The van der Waals surface area contributed by atoms with E-state index in [0.717, 1.165) is 17.4 Å². The number of halogens is 2. The molecule has 114 valence electrons. The number of unbranched alkanes of at least 4 members (excludes halogenated alkanes) is 1. The van der Waals surface area contributed by atoms with Crippen LogP contribution in [0.25, 0.3) is 0 Å². The van der Waals surface area contributed by atoms with Crippen LogP contribution in [0.5, 0.6) is 0 Å². The quantitative estimate of drug-likeness (QED) is 0.674. The predicted molar refractivity (Wildman–Crippen MR) is 88.9 cm³/mol. The van der Waals surface area contributed by atoms with Crippen LogP contribution in [0, 0.1) is 0 Å². The molecule has 0 spiro atoms. The van der Waals surface area contributed by atoms with E-state index < -0.39 is 10.0 Å². The fraction of sp³-hybridized carbons (Fsp3) is 0.538. The van der Waals surface area contributed by atoms with E-state index in [0.29, 0.717) is 23.2 Å². The lowest BCUT2D eigenvalue weighted by Gasteiger charge is -2.10. The third kappa shape index (κ3) is 6.92. The fourth-order valence-electron chi connectivity index (χ4n) is 1.60. The minimum absolute atomic E-state index is 0.0964. The molecule has 0 aliphatic rings. The molecule has 1 aromatic carbocycles. The highest BCUT2D eigenvalue weighted by Gasteiger charge is 2.12. The van der Waals surface area contributed by atoms with Gasteiger partial charge in [0.2, 0.25) is 10.0 Å². The van der Waals surface area contributed by atoms with Crippen LogP contribution in [0.3, 0.4) is 0 Å². The van der Waals surface area contributed by atoms with Gasteiger partial charge in [-0.3, -0.25) is 4.72 Å². The molecule has 0 saturated carbocycles. The van der Waals surface area contributed by atoms with Gasteiger partial charge in [-0.25, -0.2) is 8.42 Å². The van der Waals surface area contributed by atoms with Crippen LogP contribution in [0.4, 0.5) is 5.69 Å². The van der Waals surface area contributed by atoms with Crippen molar-refractivity contribution in [2.45, 2.75) is 32.7 Å². The number of hydrogen-bond donors (Lipinski definition) is 2. The summed E-state index contributed by atoms with van der Waals surface area (Å²) >= 11 is 9.27. The molecule has 1 rings (SSSR count). The molecule has 0 aliphatic heterocycles. The number of hydrogen-bond acceptors (Lipinski definition) is 3. The summed E-state index contributed by atoms with van der Waals surface area (Å²) in [6, 6.07) is 5.47. The van der Waals surface area contributed by atoms with Crippen LogP contribution in [0.15, 0.2) is 22.7 Å². The molecule has 0 heterocycles. The van der Waals surface area contributed by atoms with Gasteiger partial charge in [-0.2, -0.15) is 0 Å². The lowest BCUT2D eigenvalue weighted by atomic mass is 10.3. The van der Waals surface area contributed by atoms with E-state index in [4.69, 9.17) is 11.6 Å². The lowest BCUT2D eigenvalue weighted by molar-refractivity contribution is 0.561. The highest BCUT2D eigenvalue weighted by molar-refractivity contribution is 9.10. The van der Waals surface area contributed by atoms with Gasteiger partial charge in [0.1, 0.15) is 0 Å². The van der Waals surface area contributed by atoms with Crippen molar-refractivity contribution in [3.8, 4) is 0 Å². The van der Waals surface area contributed by atoms with Gasteiger partial charge in [-0.1, -0.05) is 41.4 Å². The maximum atomic E-state index is 11.9. The summed E-state index contributed by atoms with van der Waals surface area (Å²) in [4.78, 5) is 0. The Balaban J connectivity index is 2.45. The Hall–Kier alpha value is -0.300. The van der Waals surface area contributed by atoms with Gasteiger partial charge in [0, 0.05) is 10.5 Å². The lowest BCUT2D eigenvalue weighted by Crippen LogP contribution is -2.24. The maximum Gasteiger partial charge on any atom is 0.232 e. The van der Waals surface area contributed by atoms with E-state index in [1.54, 1.807) is 18.2 Å². The Morgan fingerprint density at radius 2 is 2.00 bits per heavy atom. The molecule has 0 aliphatic carbocycles. The average Bonchev–Trinajstić information content (AvgIpc) is 2.32. The number of benzene rings is 1. The SMILES string of the molecule is CC(C)NCCCCS(=O)(=O)Nc1ccc(Br)cc1Cl. The summed E-state index contributed by atoms with van der Waals surface area (Å²) in [7, 11) is -3.35. The summed E-state index contributed by atoms with van der Waals surface area (Å²) in [6.45, 7) is 4.95. The molecule has 0 atom stereocenters. The molecule has 0 bridgehead atoms. The van der Waals surface area contributed by atoms with Crippen molar-refractivity contribution in [3.05, 3.63) is 27.7 Å². The van der Waals surface area contributed by atoms with Crippen LogP contribution < -0.4 is 10.0 Å². The van der Waals surface area contributed by atoms with E-state index in [9.17, 15) is 8.42 Å². The van der Waals surface area contributed by atoms with Gasteiger partial charge in [-0.05, 0) is 37.6 Å². The largest absolute Gasteiger partial charge is 0.315 e. The number of sulfonamides is 1. The molecule has 2 N–H and O–H groups in total. The highest BCUT2D eigenvalue weighted by atomic mass is 79.9. The fourth-order valence-corrected chi connectivity index (χ4v) is 3.57. The first-order valence-corrected chi connectivity index (χ1v) is 9.31. The van der Waals surface area contributed by atoms with E-state index in [1.165, 1.54) is 0 Å². The Kier molecular flexibility index (Phi) is 7.29. The molecular weight excluding hydrogens is 364 g/mol. The molecule has 20 heavy (non-hydrogen) atoms. The van der Waals surface area contributed by atoms with E-state index >= 15 is 0 Å². The minimum atomic E-state index is -3.35. The smallest absolute Gasteiger partial charge is 0.232 e. The topological polar surface area (TPSA) is 58.2 Å². The number of anilines is 1. The summed E-state index contributed by atoms with van der Waals surface area (Å²) in [5, 5.41) is 3.63. The van der Waals surface area contributed by atoms with Gasteiger partial charge in [0.05, 0.1) is 16.5 Å². The van der Waals surface area contributed by atoms with Crippen molar-refractivity contribution in [3.63, 3.8) is 0 Å². The first-order valence-electron chi connectivity index (χ1n) is 6.49. The van der Waals surface area contributed by atoms with Crippen LogP contribution in [0.1, 0.15) is 26.7 Å². The maximum absolute atomic E-state index is 11.9. The van der Waals surface area contributed by atoms with Gasteiger partial charge in [0.25, 0.3) is 0 Å². The third-order valence-corrected chi connectivity index (χ3v) is 4.75. The van der Waals surface area contributed by atoms with Crippen molar-refractivity contribution < 1.29 is 8.42 Å². The summed E-state index contributed by atoms with van der Waals surface area (Å²) < 4.78 is 27.2. The van der Waals surface area contributed by atoms with Gasteiger partial charge < -0.3 is 5.32 Å². The van der Waals surface area contributed by atoms with Crippen molar-refractivity contribution >= 4 is 43.2 Å². The van der Waals surface area contributed by atoms with E-state index in [-0.39, 0.29) is 5.75 Å². The number of nitrogens with one attached hydrogen (secondary N) is 2. The molecule has 7 heteroatoms. The molecule has 1 aromatic rings. The summed E-state index contributed by atoms with van der Waals surface area (Å²) in [5.41, 5.74) is 0.412. The second-order valence-corrected chi connectivity index (χ2v) is 8.03. The summed E-state index contributed by atoms with van der Waals surface area (Å²) in [5.74, 6) is 0.0964. The molecule has 0 unspecified atom stereocenters. The minimum Gasteiger partial charge on any atom is -0.315 e. The van der Waals surface area contributed by atoms with Gasteiger partial charge in [0.15, 0.2) is 0 Å². The molecular formula is C13H20BrClN2O2S. The molecule has 0 aromatic heterocycles. The zero-order chi connectivity index (χ0) is 15.2. The Morgan fingerprint density at radius 1 is 1.30 bits per heavy atom. The Bertz CT molecular complexity index is 535. The molecule has 0 amide bonds. The second-order valence-electron chi connectivity index (χ2n) is 4.86. The predicted octanol–water partition coefficient (Wildman–Crippen LogP) is 3.62. The normalized spacial score (nSPS) is 11.8. The van der Waals surface area contributed by atoms with E-state index in [1.807, 2.05) is 0 Å². The van der Waals surface area contributed by atoms with Crippen LogP contribution in [0.2, 0.25) is 5.02 Å². The highest BCUT2D eigenvalue weighted by Crippen LogP contribution is 2.26. The Morgan fingerprint density at radius 3 is 2.60 bits per heavy atom. The van der Waals surface area contributed by atoms with Crippen molar-refractivity contribution in [1.29, 1.82) is 0 Å². The third-order valence-electron chi connectivity index (χ3n) is 2.59. The first-order chi connectivity index (χ1) is 9.30. The summed E-state index contributed by atoms with van der Waals surface area (Å²) in [6.07, 6.45) is 1.44. The molecule has 0 saturated heterocycles. The standard InChI is InChI=1S/C13H20BrClN2O2S/c1-10(2)16-7-3-4-8-20(18,19)17-13-6-5-11(14)9-12(13)15/h5-6,9-10,16-17H,3-4,7-8H2,1-2H3. The number of rotatable bonds is 8. The monoisotopic (exact) mass is 382 g/mol. The zero-order valence-electron chi connectivity index (χ0n) is 11.6.